The molecule has 0 unspecified atom stereocenters. The highest BCUT2D eigenvalue weighted by molar-refractivity contribution is 9.10. The Morgan fingerprint density at radius 1 is 1.19 bits per heavy atom. The van der Waals surface area contributed by atoms with Gasteiger partial charge in [-0.2, -0.15) is 5.10 Å². The topological polar surface area (TPSA) is 101 Å². The lowest BCUT2D eigenvalue weighted by molar-refractivity contribution is -0.119. The number of amides is 1. The number of sulfonamides is 1. The van der Waals surface area contributed by atoms with E-state index in [0.29, 0.717) is 29.6 Å². The number of hydrogen-bond acceptors (Lipinski definition) is 6. The van der Waals surface area contributed by atoms with Crippen LogP contribution in [0.2, 0.25) is 0 Å². The summed E-state index contributed by atoms with van der Waals surface area (Å²) in [5.41, 5.74) is 2.66. The summed E-state index contributed by atoms with van der Waals surface area (Å²) in [5.74, 6) is 1.10. The van der Waals surface area contributed by atoms with Crippen molar-refractivity contribution in [1.82, 2.24) is 5.43 Å². The lowest BCUT2D eigenvalue weighted by Gasteiger charge is -2.23. The number of carbonyl (C=O) groups excluding carboxylic acids is 1. The molecule has 32 heavy (non-hydrogen) atoms. The van der Waals surface area contributed by atoms with Gasteiger partial charge in [0.25, 0.3) is 15.9 Å². The van der Waals surface area contributed by atoms with E-state index in [2.05, 4.69) is 26.5 Å². The number of carbonyl (C=O) groups is 1. The molecule has 0 radical (unpaired) electrons. The van der Waals surface area contributed by atoms with Gasteiger partial charge in [0.15, 0.2) is 0 Å². The second kappa shape index (κ2) is 10.5. The third kappa shape index (κ3) is 5.77. The zero-order chi connectivity index (χ0) is 23.1. The minimum atomic E-state index is -4.00. The average molecular weight is 520 g/mol. The standard InChI is InChI=1S/C22H22BrN3O5S/c1-3-30-18-11-9-17(10-12-18)26(32(28,29)20-7-5-4-6-8-20)15-22(27)25-24-14-19-13-21(23)16(2)31-19/h4-14H,3,15H2,1-2H3,(H,25,27)/b24-14-. The summed E-state index contributed by atoms with van der Waals surface area (Å²) in [6.07, 6.45) is 1.34. The van der Waals surface area contributed by atoms with Crippen molar-refractivity contribution in [3.05, 3.63) is 76.7 Å². The molecule has 0 aliphatic carbocycles. The summed E-state index contributed by atoms with van der Waals surface area (Å²) in [4.78, 5) is 12.6. The van der Waals surface area contributed by atoms with E-state index >= 15 is 0 Å². The molecule has 0 saturated carbocycles. The number of ether oxygens (including phenoxy) is 1. The van der Waals surface area contributed by atoms with Gasteiger partial charge in [0, 0.05) is 6.07 Å². The lowest BCUT2D eigenvalue weighted by Crippen LogP contribution is -2.39. The molecule has 3 aromatic rings. The molecule has 8 nitrogen and oxygen atoms in total. The molecule has 0 saturated heterocycles. The number of hydrazone groups is 1. The van der Waals surface area contributed by atoms with E-state index in [9.17, 15) is 13.2 Å². The van der Waals surface area contributed by atoms with E-state index in [1.807, 2.05) is 6.92 Å². The first-order valence-electron chi connectivity index (χ1n) is 9.69. The van der Waals surface area contributed by atoms with Crippen LogP contribution in [0, 0.1) is 6.92 Å². The number of benzene rings is 2. The van der Waals surface area contributed by atoms with E-state index in [1.165, 1.54) is 18.3 Å². The van der Waals surface area contributed by atoms with Gasteiger partial charge in [-0.25, -0.2) is 13.8 Å². The van der Waals surface area contributed by atoms with E-state index in [4.69, 9.17) is 9.15 Å². The van der Waals surface area contributed by atoms with Crippen molar-refractivity contribution in [3.8, 4) is 5.75 Å². The normalized spacial score (nSPS) is 11.5. The summed E-state index contributed by atoms with van der Waals surface area (Å²) >= 11 is 3.33. The van der Waals surface area contributed by atoms with Crippen molar-refractivity contribution in [3.63, 3.8) is 0 Å². The SMILES string of the molecule is CCOc1ccc(N(CC(=O)N/N=C\c2cc(Br)c(C)o2)S(=O)(=O)c2ccccc2)cc1. The highest BCUT2D eigenvalue weighted by Crippen LogP contribution is 2.25. The van der Waals surface area contributed by atoms with Crippen LogP contribution in [0.5, 0.6) is 5.75 Å². The van der Waals surface area contributed by atoms with Crippen molar-refractivity contribution in [2.24, 2.45) is 5.10 Å². The molecule has 1 amide bonds. The Hall–Kier alpha value is -3.11. The zero-order valence-corrected chi connectivity index (χ0v) is 19.9. The molecule has 0 atom stereocenters. The average Bonchev–Trinajstić information content (AvgIpc) is 3.10. The summed E-state index contributed by atoms with van der Waals surface area (Å²) in [7, 11) is -4.00. The van der Waals surface area contributed by atoms with Crippen molar-refractivity contribution in [2.45, 2.75) is 18.7 Å². The smallest absolute Gasteiger partial charge is 0.264 e. The number of hydrogen-bond donors (Lipinski definition) is 1. The fourth-order valence-electron chi connectivity index (χ4n) is 2.79. The van der Waals surface area contributed by atoms with Crippen molar-refractivity contribution in [1.29, 1.82) is 0 Å². The van der Waals surface area contributed by atoms with Gasteiger partial charge in [-0.15, -0.1) is 0 Å². The zero-order valence-electron chi connectivity index (χ0n) is 17.5. The van der Waals surface area contributed by atoms with Crippen LogP contribution in [0.3, 0.4) is 0 Å². The predicted molar refractivity (Wildman–Crippen MR) is 125 cm³/mol. The molecule has 0 aliphatic heterocycles. The molecule has 2 aromatic carbocycles. The first-order chi connectivity index (χ1) is 15.3. The van der Waals surface area contributed by atoms with Crippen LogP contribution in [0.25, 0.3) is 0 Å². The van der Waals surface area contributed by atoms with Gasteiger partial charge >= 0.3 is 0 Å². The molecule has 3 rings (SSSR count). The molecule has 0 spiro atoms. The monoisotopic (exact) mass is 519 g/mol. The van der Waals surface area contributed by atoms with E-state index in [1.54, 1.807) is 55.5 Å². The second-order valence-electron chi connectivity index (χ2n) is 6.60. The summed E-state index contributed by atoms with van der Waals surface area (Å²) in [6.45, 7) is 3.65. The Kier molecular flexibility index (Phi) is 7.70. The molecular weight excluding hydrogens is 498 g/mol. The van der Waals surface area contributed by atoms with Gasteiger partial charge in [0.05, 0.1) is 27.9 Å². The fraction of sp³-hybridized carbons (Fsp3) is 0.182. The molecule has 0 aliphatic rings. The number of rotatable bonds is 9. The molecule has 10 heteroatoms. The number of anilines is 1. The third-order valence-electron chi connectivity index (χ3n) is 4.31. The maximum absolute atomic E-state index is 13.3. The summed E-state index contributed by atoms with van der Waals surface area (Å²) in [6, 6.07) is 16.1. The highest BCUT2D eigenvalue weighted by Gasteiger charge is 2.27. The fourth-order valence-corrected chi connectivity index (χ4v) is 4.54. The molecule has 1 N–H and O–H groups in total. The quantitative estimate of drug-likeness (QED) is 0.338. The number of halogens is 1. The number of aryl methyl sites for hydroxylation is 1. The first-order valence-corrected chi connectivity index (χ1v) is 11.9. The van der Waals surface area contributed by atoms with Gasteiger partial charge in [-0.1, -0.05) is 18.2 Å². The van der Waals surface area contributed by atoms with E-state index in [-0.39, 0.29) is 4.90 Å². The van der Waals surface area contributed by atoms with Crippen LogP contribution in [0.15, 0.2) is 79.6 Å². The number of furan rings is 1. The van der Waals surface area contributed by atoms with Gasteiger partial charge in [-0.05, 0) is 66.2 Å². The Morgan fingerprint density at radius 3 is 2.47 bits per heavy atom. The van der Waals surface area contributed by atoms with Crippen LogP contribution in [0.1, 0.15) is 18.4 Å². The first kappa shape index (κ1) is 23.6. The molecule has 1 aromatic heterocycles. The Bertz CT molecular complexity index is 1170. The molecular formula is C22H22BrN3O5S. The van der Waals surface area contributed by atoms with Gasteiger partial charge in [0.2, 0.25) is 0 Å². The minimum absolute atomic E-state index is 0.0705. The van der Waals surface area contributed by atoms with Crippen LogP contribution in [-0.4, -0.2) is 33.7 Å². The number of nitrogens with one attached hydrogen (secondary N) is 1. The maximum Gasteiger partial charge on any atom is 0.264 e. The molecule has 0 fully saturated rings. The van der Waals surface area contributed by atoms with Gasteiger partial charge in [-0.3, -0.25) is 9.10 Å². The highest BCUT2D eigenvalue weighted by atomic mass is 79.9. The van der Waals surface area contributed by atoms with Crippen LogP contribution < -0.4 is 14.5 Å². The molecule has 168 valence electrons. The van der Waals surface area contributed by atoms with Crippen LogP contribution in [0.4, 0.5) is 5.69 Å². The van der Waals surface area contributed by atoms with Crippen molar-refractivity contribution >= 4 is 43.8 Å². The minimum Gasteiger partial charge on any atom is -0.494 e. The Balaban J connectivity index is 1.82. The van der Waals surface area contributed by atoms with Crippen molar-refractivity contribution in [2.75, 3.05) is 17.5 Å². The second-order valence-corrected chi connectivity index (χ2v) is 9.31. The summed E-state index contributed by atoms with van der Waals surface area (Å²) in [5, 5.41) is 3.86. The van der Waals surface area contributed by atoms with E-state index < -0.39 is 22.5 Å². The third-order valence-corrected chi connectivity index (χ3v) is 6.89. The number of nitrogens with zero attached hydrogens (tertiary/aromatic N) is 2. The van der Waals surface area contributed by atoms with Crippen LogP contribution >= 0.6 is 15.9 Å². The molecule has 0 bridgehead atoms. The van der Waals surface area contributed by atoms with Crippen molar-refractivity contribution < 1.29 is 22.4 Å². The Morgan fingerprint density at radius 2 is 1.88 bits per heavy atom. The van der Waals surface area contributed by atoms with Crippen LogP contribution in [-0.2, 0) is 14.8 Å². The largest absolute Gasteiger partial charge is 0.494 e. The maximum atomic E-state index is 13.3. The summed E-state index contributed by atoms with van der Waals surface area (Å²) < 4.78 is 39.2. The van der Waals surface area contributed by atoms with Gasteiger partial charge in [0.1, 0.15) is 23.8 Å². The lowest BCUT2D eigenvalue weighted by atomic mass is 10.3. The van der Waals surface area contributed by atoms with E-state index in [0.717, 1.165) is 8.78 Å². The Labute approximate surface area is 195 Å². The predicted octanol–water partition coefficient (Wildman–Crippen LogP) is 4.09. The van der Waals surface area contributed by atoms with Gasteiger partial charge < -0.3 is 9.15 Å². The molecule has 1 heterocycles.